The highest BCUT2D eigenvalue weighted by atomic mass is 79.9. The first kappa shape index (κ1) is 22.4. The minimum atomic E-state index is 0.897. The van der Waals surface area contributed by atoms with Gasteiger partial charge in [0.15, 0.2) is 0 Å². The van der Waals surface area contributed by atoms with Crippen LogP contribution in [-0.2, 0) is 0 Å². The molecule has 0 fully saturated rings. The summed E-state index contributed by atoms with van der Waals surface area (Å²) in [6, 6.07) is 47.5. The van der Waals surface area contributed by atoms with Crippen molar-refractivity contribution in [2.24, 2.45) is 0 Å². The van der Waals surface area contributed by atoms with Gasteiger partial charge in [-0.25, -0.2) is 0 Å². The molecule has 0 spiro atoms. The summed E-state index contributed by atoms with van der Waals surface area (Å²) in [6.07, 6.45) is 0. The maximum absolute atomic E-state index is 6.10. The summed E-state index contributed by atoms with van der Waals surface area (Å²) in [4.78, 5) is 0. The van der Waals surface area contributed by atoms with E-state index in [1.165, 1.54) is 49.7 Å². The standard InChI is InChI=1S/C36H22BrNO/c37-31-13-7-15-35-36(31)30-22-26(17-19-34(30)39-35)24-9-6-8-23(20-24)25-16-18-33-29(21-25)28-12-4-5-14-32(28)38(33)27-10-2-1-3-11-27/h1-22H. The minimum absolute atomic E-state index is 0.897. The molecule has 8 aromatic rings. The summed E-state index contributed by atoms with van der Waals surface area (Å²) in [6.45, 7) is 0. The molecular formula is C36H22BrNO. The van der Waals surface area contributed by atoms with Crippen molar-refractivity contribution in [3.63, 3.8) is 0 Å². The van der Waals surface area contributed by atoms with E-state index in [1.807, 2.05) is 12.1 Å². The molecular weight excluding hydrogens is 542 g/mol. The largest absolute Gasteiger partial charge is 0.456 e. The van der Waals surface area contributed by atoms with Gasteiger partial charge in [-0.15, -0.1) is 0 Å². The Hall–Kier alpha value is -4.60. The Morgan fingerprint density at radius 2 is 1.13 bits per heavy atom. The van der Waals surface area contributed by atoms with Crippen molar-refractivity contribution in [1.29, 1.82) is 0 Å². The number of para-hydroxylation sites is 2. The molecule has 0 unspecified atom stereocenters. The van der Waals surface area contributed by atoms with Crippen molar-refractivity contribution in [3.05, 3.63) is 138 Å². The number of nitrogens with zero attached hydrogens (tertiary/aromatic N) is 1. The molecule has 0 aliphatic carbocycles. The second-order valence-electron chi connectivity index (χ2n) is 9.93. The number of fused-ring (bicyclic) bond motifs is 6. The van der Waals surface area contributed by atoms with Gasteiger partial charge in [0.1, 0.15) is 11.2 Å². The Morgan fingerprint density at radius 3 is 1.97 bits per heavy atom. The van der Waals surface area contributed by atoms with Gasteiger partial charge in [0.25, 0.3) is 0 Å². The van der Waals surface area contributed by atoms with Crippen molar-refractivity contribution < 1.29 is 4.42 Å². The molecule has 0 N–H and O–H groups in total. The van der Waals surface area contributed by atoms with Gasteiger partial charge in [-0.2, -0.15) is 0 Å². The van der Waals surface area contributed by atoms with Crippen LogP contribution in [0.4, 0.5) is 0 Å². The van der Waals surface area contributed by atoms with Gasteiger partial charge >= 0.3 is 0 Å². The van der Waals surface area contributed by atoms with E-state index < -0.39 is 0 Å². The van der Waals surface area contributed by atoms with E-state index in [0.717, 1.165) is 26.4 Å². The van der Waals surface area contributed by atoms with Gasteiger partial charge < -0.3 is 8.98 Å². The first-order chi connectivity index (χ1) is 19.2. The van der Waals surface area contributed by atoms with Crippen LogP contribution in [-0.4, -0.2) is 4.57 Å². The summed E-state index contributed by atoms with van der Waals surface area (Å²) in [7, 11) is 0. The van der Waals surface area contributed by atoms with Gasteiger partial charge in [0.05, 0.1) is 11.0 Å². The molecule has 0 aliphatic rings. The van der Waals surface area contributed by atoms with Crippen LogP contribution in [0.15, 0.2) is 142 Å². The molecule has 0 saturated heterocycles. The molecule has 0 saturated carbocycles. The van der Waals surface area contributed by atoms with Crippen LogP contribution in [0, 0.1) is 0 Å². The third-order valence-corrected chi connectivity index (χ3v) is 8.32. The van der Waals surface area contributed by atoms with Crippen molar-refractivity contribution in [3.8, 4) is 27.9 Å². The van der Waals surface area contributed by atoms with Gasteiger partial charge in [0, 0.05) is 31.7 Å². The van der Waals surface area contributed by atoms with Crippen LogP contribution in [0.1, 0.15) is 0 Å². The average Bonchev–Trinajstić information content (AvgIpc) is 3.53. The van der Waals surface area contributed by atoms with Gasteiger partial charge in [-0.3, -0.25) is 0 Å². The van der Waals surface area contributed by atoms with Crippen molar-refractivity contribution in [2.75, 3.05) is 0 Å². The van der Waals surface area contributed by atoms with Crippen molar-refractivity contribution in [2.45, 2.75) is 0 Å². The molecule has 0 aliphatic heterocycles. The lowest BCUT2D eigenvalue weighted by Gasteiger charge is -2.09. The third-order valence-electron chi connectivity index (χ3n) is 7.66. The summed E-state index contributed by atoms with van der Waals surface area (Å²) in [5.41, 5.74) is 10.2. The molecule has 8 rings (SSSR count). The second-order valence-corrected chi connectivity index (χ2v) is 10.8. The van der Waals surface area contributed by atoms with E-state index in [0.29, 0.717) is 0 Å². The Balaban J connectivity index is 1.28. The Bertz CT molecular complexity index is 2190. The lowest BCUT2D eigenvalue weighted by Crippen LogP contribution is -1.92. The maximum Gasteiger partial charge on any atom is 0.136 e. The van der Waals surface area contributed by atoms with Crippen LogP contribution >= 0.6 is 15.9 Å². The van der Waals surface area contributed by atoms with E-state index in [1.54, 1.807) is 0 Å². The molecule has 0 radical (unpaired) electrons. The molecule has 3 heteroatoms. The van der Waals surface area contributed by atoms with Gasteiger partial charge in [0.2, 0.25) is 0 Å². The number of halogens is 1. The molecule has 39 heavy (non-hydrogen) atoms. The van der Waals surface area contributed by atoms with Crippen LogP contribution in [0.3, 0.4) is 0 Å². The summed E-state index contributed by atoms with van der Waals surface area (Å²) >= 11 is 3.71. The first-order valence-corrected chi connectivity index (χ1v) is 13.8. The van der Waals surface area contributed by atoms with Crippen LogP contribution in [0.5, 0.6) is 0 Å². The van der Waals surface area contributed by atoms with Gasteiger partial charge in [-0.1, -0.05) is 88.7 Å². The smallest absolute Gasteiger partial charge is 0.136 e. The highest BCUT2D eigenvalue weighted by Gasteiger charge is 2.14. The second kappa shape index (κ2) is 8.72. The van der Waals surface area contributed by atoms with E-state index >= 15 is 0 Å². The Kier molecular flexibility index (Phi) is 5.01. The van der Waals surface area contributed by atoms with E-state index in [2.05, 4.69) is 142 Å². The van der Waals surface area contributed by atoms with E-state index in [-0.39, 0.29) is 0 Å². The molecule has 6 aromatic carbocycles. The lowest BCUT2D eigenvalue weighted by molar-refractivity contribution is 0.669. The van der Waals surface area contributed by atoms with Crippen LogP contribution in [0.2, 0.25) is 0 Å². The van der Waals surface area contributed by atoms with Gasteiger partial charge in [-0.05, 0) is 82.9 Å². The highest BCUT2D eigenvalue weighted by molar-refractivity contribution is 9.10. The molecule has 0 bridgehead atoms. The number of furan rings is 1. The molecule has 0 amide bonds. The molecule has 2 heterocycles. The van der Waals surface area contributed by atoms with Crippen molar-refractivity contribution >= 4 is 59.7 Å². The number of rotatable bonds is 3. The number of hydrogen-bond acceptors (Lipinski definition) is 1. The lowest BCUT2D eigenvalue weighted by atomic mass is 9.97. The Labute approximate surface area is 233 Å². The van der Waals surface area contributed by atoms with Crippen LogP contribution < -0.4 is 0 Å². The monoisotopic (exact) mass is 563 g/mol. The maximum atomic E-state index is 6.10. The third kappa shape index (κ3) is 3.54. The number of hydrogen-bond donors (Lipinski definition) is 0. The summed E-state index contributed by atoms with van der Waals surface area (Å²) < 4.78 is 9.50. The fraction of sp³-hybridized carbons (Fsp3) is 0. The predicted octanol–water partition coefficient (Wildman–Crippen LogP) is 10.8. The zero-order valence-electron chi connectivity index (χ0n) is 20.9. The average molecular weight is 564 g/mol. The normalized spacial score (nSPS) is 11.7. The highest BCUT2D eigenvalue weighted by Crippen LogP contribution is 2.38. The number of benzene rings is 6. The van der Waals surface area contributed by atoms with Crippen LogP contribution in [0.25, 0.3) is 71.7 Å². The molecule has 184 valence electrons. The van der Waals surface area contributed by atoms with E-state index in [4.69, 9.17) is 4.42 Å². The SMILES string of the molecule is Brc1cccc2oc3ccc(-c4cccc(-c5ccc6c(c5)c5ccccc5n6-c5ccccc5)c4)cc3c12. The number of aromatic nitrogens is 1. The summed E-state index contributed by atoms with van der Waals surface area (Å²) in [5.74, 6) is 0. The fourth-order valence-corrected chi connectivity index (χ4v) is 6.41. The quantitative estimate of drug-likeness (QED) is 0.209. The zero-order chi connectivity index (χ0) is 25.9. The first-order valence-electron chi connectivity index (χ1n) is 13.0. The molecule has 0 atom stereocenters. The van der Waals surface area contributed by atoms with E-state index in [9.17, 15) is 0 Å². The van der Waals surface area contributed by atoms with Crippen molar-refractivity contribution in [1.82, 2.24) is 4.57 Å². The topological polar surface area (TPSA) is 18.1 Å². The predicted molar refractivity (Wildman–Crippen MR) is 167 cm³/mol. The zero-order valence-corrected chi connectivity index (χ0v) is 22.5. The molecule has 2 nitrogen and oxygen atoms in total. The summed E-state index contributed by atoms with van der Waals surface area (Å²) in [5, 5.41) is 4.76. The fourth-order valence-electron chi connectivity index (χ4n) is 5.85. The Morgan fingerprint density at radius 1 is 0.462 bits per heavy atom. The minimum Gasteiger partial charge on any atom is -0.456 e. The molecule has 2 aromatic heterocycles.